The fraction of sp³-hybridized carbons (Fsp3) is 0.138. The van der Waals surface area contributed by atoms with Crippen molar-refractivity contribution in [3.8, 4) is 34.3 Å². The predicted octanol–water partition coefficient (Wildman–Crippen LogP) is 5.43. The van der Waals surface area contributed by atoms with Crippen molar-refractivity contribution in [1.29, 1.82) is 0 Å². The molecule has 0 saturated heterocycles. The number of nitrogens with one attached hydrogen (secondary N) is 1. The second kappa shape index (κ2) is 10.4. The van der Waals surface area contributed by atoms with Crippen LogP contribution in [0.15, 0.2) is 84.9 Å². The van der Waals surface area contributed by atoms with Gasteiger partial charge in [0.15, 0.2) is 12.3 Å². The topological polar surface area (TPSA) is 87.5 Å². The molecule has 0 bridgehead atoms. The van der Waals surface area contributed by atoms with Crippen LogP contribution in [0.2, 0.25) is 0 Å². The molecule has 0 unspecified atom stereocenters. The molecule has 1 amide bonds. The van der Waals surface area contributed by atoms with Crippen molar-refractivity contribution in [2.75, 3.05) is 26.1 Å². The van der Waals surface area contributed by atoms with Gasteiger partial charge in [-0.15, -0.1) is 0 Å². The lowest BCUT2D eigenvalue weighted by Gasteiger charge is -2.12. The van der Waals surface area contributed by atoms with Crippen molar-refractivity contribution in [2.24, 2.45) is 0 Å². The molecule has 0 aliphatic carbocycles. The predicted molar refractivity (Wildman–Crippen MR) is 143 cm³/mol. The van der Waals surface area contributed by atoms with E-state index in [9.17, 15) is 4.79 Å². The van der Waals surface area contributed by atoms with Gasteiger partial charge in [0, 0.05) is 17.7 Å². The third-order valence-electron chi connectivity index (χ3n) is 5.89. The largest absolute Gasteiger partial charge is 0.497 e. The summed E-state index contributed by atoms with van der Waals surface area (Å²) in [4.78, 5) is 17.4. The molecular weight excluding hydrogens is 468 g/mol. The molecule has 0 saturated carbocycles. The number of rotatable bonds is 8. The minimum Gasteiger partial charge on any atom is -0.497 e. The Morgan fingerprint density at radius 1 is 0.919 bits per heavy atom. The van der Waals surface area contributed by atoms with Gasteiger partial charge < -0.3 is 19.5 Å². The van der Waals surface area contributed by atoms with E-state index in [1.807, 2.05) is 73.7 Å². The number of fused-ring (bicyclic) bond motifs is 1. The van der Waals surface area contributed by atoms with E-state index in [1.54, 1.807) is 30.0 Å². The van der Waals surface area contributed by atoms with Gasteiger partial charge in [0.05, 0.1) is 31.0 Å². The van der Waals surface area contributed by atoms with Gasteiger partial charge in [-0.05, 0) is 36.8 Å². The summed E-state index contributed by atoms with van der Waals surface area (Å²) in [6.45, 7) is 1.76. The van der Waals surface area contributed by atoms with Crippen LogP contribution in [0.3, 0.4) is 0 Å². The molecule has 2 heterocycles. The Kier molecular flexibility index (Phi) is 6.72. The first kappa shape index (κ1) is 23.9. The highest BCUT2D eigenvalue weighted by Gasteiger charge is 2.19. The highest BCUT2D eigenvalue weighted by Crippen LogP contribution is 2.33. The third kappa shape index (κ3) is 4.95. The van der Waals surface area contributed by atoms with Crippen LogP contribution in [-0.4, -0.2) is 41.5 Å². The quantitative estimate of drug-likeness (QED) is 0.310. The SMILES string of the molecule is COc1ccc(NC(=O)COc2cc(C)c3c(-c4ccccc4)nn(-c4ccccc4)c3n2)c(OC)c1. The molecule has 1 N–H and O–H groups in total. The number of ether oxygens (including phenoxy) is 3. The molecular formula is C29H26N4O4. The Labute approximate surface area is 214 Å². The van der Waals surface area contributed by atoms with Crippen molar-refractivity contribution >= 4 is 22.6 Å². The molecule has 5 aromatic rings. The summed E-state index contributed by atoms with van der Waals surface area (Å²) in [6, 6.07) is 26.8. The van der Waals surface area contributed by atoms with Crippen LogP contribution < -0.4 is 19.5 Å². The summed E-state index contributed by atoms with van der Waals surface area (Å²) in [5, 5.41) is 8.64. The maximum Gasteiger partial charge on any atom is 0.262 e. The number of aromatic nitrogens is 3. The van der Waals surface area contributed by atoms with Crippen LogP contribution in [-0.2, 0) is 4.79 Å². The first-order valence-electron chi connectivity index (χ1n) is 11.7. The zero-order chi connectivity index (χ0) is 25.8. The van der Waals surface area contributed by atoms with E-state index < -0.39 is 0 Å². The number of aryl methyl sites for hydroxylation is 1. The van der Waals surface area contributed by atoms with E-state index in [4.69, 9.17) is 24.3 Å². The fourth-order valence-corrected chi connectivity index (χ4v) is 4.12. The first-order valence-corrected chi connectivity index (χ1v) is 11.7. The van der Waals surface area contributed by atoms with Crippen molar-refractivity contribution in [2.45, 2.75) is 6.92 Å². The Morgan fingerprint density at radius 2 is 1.65 bits per heavy atom. The molecule has 186 valence electrons. The fourth-order valence-electron chi connectivity index (χ4n) is 4.12. The minimum absolute atomic E-state index is 0.224. The normalized spacial score (nSPS) is 10.8. The average Bonchev–Trinajstić information content (AvgIpc) is 3.33. The molecule has 8 heteroatoms. The number of para-hydroxylation sites is 1. The van der Waals surface area contributed by atoms with E-state index in [2.05, 4.69) is 5.32 Å². The lowest BCUT2D eigenvalue weighted by molar-refractivity contribution is -0.118. The van der Waals surface area contributed by atoms with Crippen molar-refractivity contribution in [3.63, 3.8) is 0 Å². The first-order chi connectivity index (χ1) is 18.1. The molecule has 0 radical (unpaired) electrons. The lowest BCUT2D eigenvalue weighted by atomic mass is 10.1. The van der Waals surface area contributed by atoms with Gasteiger partial charge >= 0.3 is 0 Å². The van der Waals surface area contributed by atoms with Crippen LogP contribution in [0, 0.1) is 6.92 Å². The van der Waals surface area contributed by atoms with Gasteiger partial charge in [-0.2, -0.15) is 10.1 Å². The van der Waals surface area contributed by atoms with E-state index in [0.29, 0.717) is 28.7 Å². The van der Waals surface area contributed by atoms with Crippen LogP contribution in [0.5, 0.6) is 17.4 Å². The van der Waals surface area contributed by atoms with Gasteiger partial charge in [-0.25, -0.2) is 4.68 Å². The number of carbonyl (C=O) groups is 1. The number of carbonyl (C=O) groups excluding carboxylic acids is 1. The minimum atomic E-state index is -0.343. The highest BCUT2D eigenvalue weighted by molar-refractivity contribution is 5.95. The maximum absolute atomic E-state index is 12.7. The average molecular weight is 495 g/mol. The van der Waals surface area contributed by atoms with E-state index in [1.165, 1.54) is 7.11 Å². The monoisotopic (exact) mass is 494 g/mol. The number of hydrogen-bond donors (Lipinski definition) is 1. The Morgan fingerprint density at radius 3 is 2.35 bits per heavy atom. The van der Waals surface area contributed by atoms with Crippen molar-refractivity contribution in [1.82, 2.24) is 14.8 Å². The van der Waals surface area contributed by atoms with Gasteiger partial charge in [0.1, 0.15) is 17.2 Å². The summed E-state index contributed by atoms with van der Waals surface area (Å²) in [5.74, 6) is 1.11. The zero-order valence-electron chi connectivity index (χ0n) is 20.8. The van der Waals surface area contributed by atoms with Gasteiger partial charge in [0.25, 0.3) is 5.91 Å². The summed E-state index contributed by atoms with van der Waals surface area (Å²) >= 11 is 0. The van der Waals surface area contributed by atoms with Crippen LogP contribution >= 0.6 is 0 Å². The van der Waals surface area contributed by atoms with E-state index in [-0.39, 0.29) is 12.5 Å². The number of amides is 1. The standard InChI is InChI=1S/C29H26N4O4/c1-19-16-26(37-18-25(34)30-23-15-14-22(35-2)17-24(23)36-3)31-29-27(19)28(20-10-6-4-7-11-20)32-33(29)21-12-8-5-9-13-21/h4-17H,18H2,1-3H3,(H,30,34). The molecule has 0 spiro atoms. The molecule has 8 nitrogen and oxygen atoms in total. The Balaban J connectivity index is 1.45. The van der Waals surface area contributed by atoms with Crippen molar-refractivity contribution < 1.29 is 19.0 Å². The summed E-state index contributed by atoms with van der Waals surface area (Å²) in [5.41, 5.74) is 4.82. The molecule has 0 atom stereocenters. The second-order valence-electron chi connectivity index (χ2n) is 8.34. The summed E-state index contributed by atoms with van der Waals surface area (Å²) in [6.07, 6.45) is 0. The molecule has 0 fully saturated rings. The second-order valence-corrected chi connectivity index (χ2v) is 8.34. The summed E-state index contributed by atoms with van der Waals surface area (Å²) < 4.78 is 18.2. The Bertz CT molecular complexity index is 1550. The molecule has 37 heavy (non-hydrogen) atoms. The molecule has 5 rings (SSSR count). The molecule has 3 aromatic carbocycles. The number of methoxy groups -OCH3 is 2. The van der Waals surface area contributed by atoms with Crippen LogP contribution in [0.25, 0.3) is 28.0 Å². The number of benzene rings is 3. The van der Waals surface area contributed by atoms with Crippen molar-refractivity contribution in [3.05, 3.63) is 90.5 Å². The zero-order valence-corrected chi connectivity index (χ0v) is 20.8. The Hall–Kier alpha value is -4.85. The lowest BCUT2D eigenvalue weighted by Crippen LogP contribution is -2.21. The van der Waals surface area contributed by atoms with E-state index in [0.717, 1.165) is 27.9 Å². The van der Waals surface area contributed by atoms with Gasteiger partial charge in [0.2, 0.25) is 5.88 Å². The molecule has 0 aliphatic rings. The number of nitrogens with zero attached hydrogens (tertiary/aromatic N) is 3. The van der Waals surface area contributed by atoms with Crippen LogP contribution in [0.1, 0.15) is 5.56 Å². The number of hydrogen-bond acceptors (Lipinski definition) is 6. The van der Waals surface area contributed by atoms with E-state index >= 15 is 0 Å². The van der Waals surface area contributed by atoms with Gasteiger partial charge in [-0.3, -0.25) is 4.79 Å². The molecule has 0 aliphatic heterocycles. The smallest absolute Gasteiger partial charge is 0.262 e. The number of pyridine rings is 1. The third-order valence-corrected chi connectivity index (χ3v) is 5.89. The number of anilines is 1. The highest BCUT2D eigenvalue weighted by atomic mass is 16.5. The van der Waals surface area contributed by atoms with Gasteiger partial charge in [-0.1, -0.05) is 48.5 Å². The molecule has 2 aromatic heterocycles. The maximum atomic E-state index is 12.7. The summed E-state index contributed by atoms with van der Waals surface area (Å²) in [7, 11) is 3.10. The van der Waals surface area contributed by atoms with Crippen LogP contribution in [0.4, 0.5) is 5.69 Å².